The maximum atomic E-state index is 9.58. The van der Waals surface area contributed by atoms with E-state index in [9.17, 15) is 5.11 Å². The third kappa shape index (κ3) is 4.32. The van der Waals surface area contributed by atoms with E-state index in [-0.39, 0.29) is 5.75 Å². The van der Waals surface area contributed by atoms with Crippen LogP contribution in [0.3, 0.4) is 0 Å². The maximum Gasteiger partial charge on any atom is 0.250 e. The van der Waals surface area contributed by atoms with Crippen molar-refractivity contribution in [1.82, 2.24) is 9.97 Å². The van der Waals surface area contributed by atoms with Crippen molar-refractivity contribution in [3.8, 4) is 28.3 Å². The zero-order chi connectivity index (χ0) is 20.2. The highest BCUT2D eigenvalue weighted by Crippen LogP contribution is 2.28. The van der Waals surface area contributed by atoms with Crippen LogP contribution >= 0.6 is 0 Å². The minimum atomic E-state index is 0.207. The first-order chi connectivity index (χ1) is 14.1. The van der Waals surface area contributed by atoms with Gasteiger partial charge in [-0.3, -0.25) is 0 Å². The van der Waals surface area contributed by atoms with Crippen LogP contribution in [-0.4, -0.2) is 35.4 Å². The van der Waals surface area contributed by atoms with Gasteiger partial charge in [-0.05, 0) is 54.6 Å². The Hall–Kier alpha value is -3.93. The number of aromatic hydroxyl groups is 1. The Morgan fingerprint density at radius 1 is 0.897 bits per heavy atom. The van der Waals surface area contributed by atoms with Gasteiger partial charge < -0.3 is 14.4 Å². The summed E-state index contributed by atoms with van der Waals surface area (Å²) < 4.78 is 5.30. The summed E-state index contributed by atoms with van der Waals surface area (Å²) in [7, 11) is 4.01. The Kier molecular flexibility index (Phi) is 5.07. The van der Waals surface area contributed by atoms with Crippen LogP contribution in [0.15, 0.2) is 82.4 Å². The molecule has 4 aromatic rings. The number of rotatable bonds is 5. The fourth-order valence-corrected chi connectivity index (χ4v) is 2.84. The Labute approximate surface area is 168 Å². The van der Waals surface area contributed by atoms with Crippen molar-refractivity contribution in [3.63, 3.8) is 0 Å². The molecule has 0 spiro atoms. The smallest absolute Gasteiger partial charge is 0.250 e. The second-order valence-corrected chi connectivity index (χ2v) is 6.70. The summed E-state index contributed by atoms with van der Waals surface area (Å²) in [5, 5.41) is 9.58. The molecular formula is C23H20N4O2. The molecule has 4 rings (SSSR count). The quantitative estimate of drug-likeness (QED) is 0.494. The second kappa shape index (κ2) is 7.98. The van der Waals surface area contributed by atoms with E-state index >= 15 is 0 Å². The van der Waals surface area contributed by atoms with E-state index in [1.165, 1.54) is 0 Å². The average molecular weight is 384 g/mol. The lowest BCUT2D eigenvalue weighted by Crippen LogP contribution is -2.07. The fourth-order valence-electron chi connectivity index (χ4n) is 2.84. The van der Waals surface area contributed by atoms with Gasteiger partial charge in [0.15, 0.2) is 0 Å². The summed E-state index contributed by atoms with van der Waals surface area (Å²) >= 11 is 0. The molecule has 1 N–H and O–H groups in total. The van der Waals surface area contributed by atoms with Crippen molar-refractivity contribution >= 4 is 17.9 Å². The molecule has 144 valence electrons. The lowest BCUT2D eigenvalue weighted by atomic mass is 10.1. The summed E-state index contributed by atoms with van der Waals surface area (Å²) in [6, 6.07) is 20.6. The third-order valence-corrected chi connectivity index (χ3v) is 4.41. The highest BCUT2D eigenvalue weighted by molar-refractivity contribution is 5.78. The topological polar surface area (TPSA) is 74.8 Å². The van der Waals surface area contributed by atoms with Gasteiger partial charge >= 0.3 is 0 Å². The number of phenolic OH excluding ortho intramolecular Hbond substituents is 1. The molecule has 0 aliphatic rings. The molecule has 0 amide bonds. The lowest BCUT2D eigenvalue weighted by molar-refractivity contribution is 0.475. The van der Waals surface area contributed by atoms with Gasteiger partial charge in [-0.15, -0.1) is 0 Å². The third-order valence-electron chi connectivity index (χ3n) is 4.41. The second-order valence-electron chi connectivity index (χ2n) is 6.70. The highest BCUT2D eigenvalue weighted by Gasteiger charge is 2.09. The molecule has 2 heterocycles. The first-order valence-electron chi connectivity index (χ1n) is 9.12. The van der Waals surface area contributed by atoms with Gasteiger partial charge in [0.2, 0.25) is 0 Å². The van der Waals surface area contributed by atoms with Crippen LogP contribution in [-0.2, 0) is 0 Å². The van der Waals surface area contributed by atoms with Crippen molar-refractivity contribution in [3.05, 3.63) is 78.8 Å². The van der Waals surface area contributed by atoms with Crippen molar-refractivity contribution in [2.75, 3.05) is 19.0 Å². The fraction of sp³-hybridized carbons (Fsp3) is 0.0870. The molecule has 0 atom stereocenters. The summed E-state index contributed by atoms with van der Waals surface area (Å²) in [4.78, 5) is 15.6. The minimum Gasteiger partial charge on any atom is -0.508 e. The number of anilines is 1. The molecule has 2 aromatic heterocycles. The van der Waals surface area contributed by atoms with Gasteiger partial charge in [-0.2, -0.15) is 0 Å². The van der Waals surface area contributed by atoms with Gasteiger partial charge in [0.1, 0.15) is 11.5 Å². The van der Waals surface area contributed by atoms with Crippen molar-refractivity contribution in [2.45, 2.75) is 0 Å². The van der Waals surface area contributed by atoms with Gasteiger partial charge in [-0.1, -0.05) is 12.1 Å². The maximum absolute atomic E-state index is 9.58. The van der Waals surface area contributed by atoms with Crippen LogP contribution in [0.2, 0.25) is 0 Å². The SMILES string of the molecule is CN(C)c1ccc(-c2cc(-c3ccc(O)cc3)nc(/N=C/c3ccco3)n2)cc1. The largest absolute Gasteiger partial charge is 0.508 e. The Balaban J connectivity index is 1.77. The number of hydrogen-bond donors (Lipinski definition) is 1. The number of phenols is 1. The Bertz CT molecular complexity index is 1120. The van der Waals surface area contributed by atoms with Crippen LogP contribution < -0.4 is 4.90 Å². The molecule has 2 aromatic carbocycles. The highest BCUT2D eigenvalue weighted by atomic mass is 16.3. The molecule has 29 heavy (non-hydrogen) atoms. The predicted octanol–water partition coefficient (Wildman–Crippen LogP) is 4.93. The van der Waals surface area contributed by atoms with Crippen LogP contribution in [0.4, 0.5) is 11.6 Å². The van der Waals surface area contributed by atoms with Crippen LogP contribution in [0, 0.1) is 0 Å². The molecule has 0 unspecified atom stereocenters. The summed E-state index contributed by atoms with van der Waals surface area (Å²) in [6.45, 7) is 0. The molecule has 0 saturated carbocycles. The van der Waals surface area contributed by atoms with Crippen LogP contribution in [0.25, 0.3) is 22.5 Å². The standard InChI is InChI=1S/C23H20N4O2/c1-27(2)18-9-5-16(6-10-18)21-14-22(17-7-11-19(28)12-8-17)26-23(25-21)24-15-20-4-3-13-29-20/h3-15,28H,1-2H3/b24-15+. The van der Waals surface area contributed by atoms with Gasteiger partial charge in [-0.25, -0.2) is 15.0 Å². The molecule has 0 fully saturated rings. The molecule has 0 radical (unpaired) electrons. The van der Waals surface area contributed by atoms with E-state index in [1.807, 2.05) is 67.5 Å². The van der Waals surface area contributed by atoms with Gasteiger partial charge in [0.05, 0.1) is 23.9 Å². The van der Waals surface area contributed by atoms with E-state index in [4.69, 9.17) is 4.42 Å². The van der Waals surface area contributed by atoms with Gasteiger partial charge in [0.25, 0.3) is 5.95 Å². The number of nitrogens with zero attached hydrogens (tertiary/aromatic N) is 4. The van der Waals surface area contributed by atoms with E-state index in [1.54, 1.807) is 30.7 Å². The summed E-state index contributed by atoms with van der Waals surface area (Å²) in [6.07, 6.45) is 3.18. The molecule has 0 aliphatic heterocycles. The minimum absolute atomic E-state index is 0.207. The van der Waals surface area contributed by atoms with Crippen LogP contribution in [0.1, 0.15) is 5.76 Å². The van der Waals surface area contributed by atoms with Crippen molar-refractivity contribution in [1.29, 1.82) is 0 Å². The Morgan fingerprint density at radius 2 is 1.52 bits per heavy atom. The number of benzene rings is 2. The molecule has 0 aliphatic carbocycles. The van der Waals surface area contributed by atoms with Crippen molar-refractivity contribution < 1.29 is 9.52 Å². The van der Waals surface area contributed by atoms with Crippen LogP contribution in [0.5, 0.6) is 5.75 Å². The van der Waals surface area contributed by atoms with E-state index in [0.717, 1.165) is 28.2 Å². The predicted molar refractivity (Wildman–Crippen MR) is 115 cm³/mol. The molecule has 0 bridgehead atoms. The van der Waals surface area contributed by atoms with Crippen molar-refractivity contribution in [2.24, 2.45) is 4.99 Å². The lowest BCUT2D eigenvalue weighted by Gasteiger charge is -2.13. The average Bonchev–Trinajstić information content (AvgIpc) is 3.26. The van der Waals surface area contributed by atoms with E-state index < -0.39 is 0 Å². The summed E-state index contributed by atoms with van der Waals surface area (Å²) in [5.74, 6) is 1.16. The molecular weight excluding hydrogens is 364 g/mol. The first-order valence-corrected chi connectivity index (χ1v) is 9.12. The van der Waals surface area contributed by atoms with E-state index in [0.29, 0.717) is 11.7 Å². The van der Waals surface area contributed by atoms with E-state index in [2.05, 4.69) is 15.0 Å². The molecule has 6 heteroatoms. The summed E-state index contributed by atoms with van der Waals surface area (Å²) in [5.41, 5.74) is 4.43. The number of hydrogen-bond acceptors (Lipinski definition) is 6. The normalized spacial score (nSPS) is 11.1. The van der Waals surface area contributed by atoms with Gasteiger partial charge in [0, 0.05) is 30.9 Å². The number of furan rings is 1. The number of aliphatic imine (C=N–C) groups is 1. The zero-order valence-electron chi connectivity index (χ0n) is 16.1. The number of aromatic nitrogens is 2. The first kappa shape index (κ1) is 18.4. The zero-order valence-corrected chi connectivity index (χ0v) is 16.1. The molecule has 6 nitrogen and oxygen atoms in total. The Morgan fingerprint density at radius 3 is 2.07 bits per heavy atom. The molecule has 0 saturated heterocycles. The monoisotopic (exact) mass is 384 g/mol.